The van der Waals surface area contributed by atoms with E-state index in [-0.39, 0.29) is 11.4 Å². The van der Waals surface area contributed by atoms with E-state index in [1.165, 1.54) is 11.1 Å². The minimum absolute atomic E-state index is 0.124. The van der Waals surface area contributed by atoms with Crippen LogP contribution in [0.1, 0.15) is 43.4 Å². The first-order chi connectivity index (χ1) is 16.9. The molecule has 0 aliphatic heterocycles. The topological polar surface area (TPSA) is 55.6 Å². The Labute approximate surface area is 211 Å². The number of hydrogen-bond acceptors (Lipinski definition) is 4. The number of carbonyl (C=O) groups is 1. The first kappa shape index (κ1) is 26.7. The molecule has 0 aliphatic carbocycles. The van der Waals surface area contributed by atoms with E-state index in [2.05, 4.69) is 86.5 Å². The molecule has 35 heavy (non-hydrogen) atoms. The second-order valence-electron chi connectivity index (χ2n) is 9.65. The number of carbonyl (C=O) groups excluding carboxylic acids is 1. The summed E-state index contributed by atoms with van der Waals surface area (Å²) in [5.74, 6) is 0.0594. The minimum atomic E-state index is -0.644. The summed E-state index contributed by atoms with van der Waals surface area (Å²) in [6.45, 7) is 6.53. The van der Waals surface area contributed by atoms with Crippen LogP contribution < -0.4 is 5.73 Å². The first-order valence-electron chi connectivity index (χ1n) is 12.7. The van der Waals surface area contributed by atoms with E-state index < -0.39 is 6.04 Å². The molecule has 0 amide bonds. The van der Waals surface area contributed by atoms with E-state index in [0.717, 1.165) is 24.9 Å². The van der Waals surface area contributed by atoms with Crippen molar-refractivity contribution >= 4 is 5.97 Å². The largest absolute Gasteiger partial charge is 0.463 e. The number of nitrogens with two attached hydrogens (primary N) is 1. The molecule has 0 aliphatic rings. The van der Waals surface area contributed by atoms with E-state index in [0.29, 0.717) is 25.5 Å². The third-order valence-corrected chi connectivity index (χ3v) is 7.05. The summed E-state index contributed by atoms with van der Waals surface area (Å²) in [5.41, 5.74) is 9.66. The normalized spacial score (nSPS) is 13.4. The smallest absolute Gasteiger partial charge is 0.323 e. The molecule has 0 radical (unpaired) electrons. The lowest BCUT2D eigenvalue weighted by atomic mass is 9.65. The fourth-order valence-corrected chi connectivity index (χ4v) is 4.95. The molecule has 3 rings (SSSR count). The first-order valence-corrected chi connectivity index (χ1v) is 12.7. The van der Waals surface area contributed by atoms with Gasteiger partial charge in [0.15, 0.2) is 0 Å². The van der Waals surface area contributed by atoms with Gasteiger partial charge in [0.05, 0.1) is 0 Å². The van der Waals surface area contributed by atoms with Crippen LogP contribution in [-0.4, -0.2) is 43.7 Å². The van der Waals surface area contributed by atoms with Gasteiger partial charge in [-0.05, 0) is 42.5 Å². The zero-order valence-electron chi connectivity index (χ0n) is 21.4. The standard InChI is InChI=1S/C31H40N2O2/c1-4-14-28(31(2,26-17-10-6-11-18-26)27-19-12-7-13-20-27)24-33(3)21-22-35-30(34)29(32)23-25-15-8-5-9-16-25/h5-13,15-20,28-29H,4,14,21-24,32H2,1-3H3. The summed E-state index contributed by atoms with van der Waals surface area (Å²) < 4.78 is 5.54. The molecule has 0 bridgehead atoms. The van der Waals surface area contributed by atoms with Crippen LogP contribution in [0.5, 0.6) is 0 Å². The number of ether oxygens (including phenoxy) is 1. The lowest BCUT2D eigenvalue weighted by molar-refractivity contribution is -0.145. The zero-order chi connectivity index (χ0) is 25.1. The van der Waals surface area contributed by atoms with Crippen LogP contribution in [0.25, 0.3) is 0 Å². The van der Waals surface area contributed by atoms with Crippen molar-refractivity contribution < 1.29 is 9.53 Å². The van der Waals surface area contributed by atoms with Crippen molar-refractivity contribution in [3.05, 3.63) is 108 Å². The van der Waals surface area contributed by atoms with Crippen molar-refractivity contribution in [3.63, 3.8) is 0 Å². The van der Waals surface area contributed by atoms with Crippen molar-refractivity contribution in [1.29, 1.82) is 0 Å². The quantitative estimate of drug-likeness (QED) is 0.336. The zero-order valence-corrected chi connectivity index (χ0v) is 21.4. The van der Waals surface area contributed by atoms with Crippen LogP contribution in [0.3, 0.4) is 0 Å². The summed E-state index contributed by atoms with van der Waals surface area (Å²) in [4.78, 5) is 14.7. The third kappa shape index (κ3) is 7.27. The van der Waals surface area contributed by atoms with Crippen molar-refractivity contribution in [1.82, 2.24) is 4.90 Å². The molecule has 2 N–H and O–H groups in total. The van der Waals surface area contributed by atoms with Gasteiger partial charge >= 0.3 is 5.97 Å². The van der Waals surface area contributed by atoms with E-state index in [1.807, 2.05) is 30.3 Å². The second-order valence-corrected chi connectivity index (χ2v) is 9.65. The number of nitrogens with zero attached hydrogens (tertiary/aromatic N) is 1. The summed E-state index contributed by atoms with van der Waals surface area (Å²) in [7, 11) is 2.11. The molecule has 4 nitrogen and oxygen atoms in total. The number of hydrogen-bond donors (Lipinski definition) is 1. The van der Waals surface area contributed by atoms with Crippen LogP contribution in [0.2, 0.25) is 0 Å². The maximum atomic E-state index is 12.4. The molecule has 0 heterocycles. The fraction of sp³-hybridized carbons (Fsp3) is 0.387. The van der Waals surface area contributed by atoms with Gasteiger partial charge < -0.3 is 15.4 Å². The van der Waals surface area contributed by atoms with Gasteiger partial charge in [0.2, 0.25) is 0 Å². The van der Waals surface area contributed by atoms with Gasteiger partial charge in [-0.25, -0.2) is 0 Å². The highest BCUT2D eigenvalue weighted by Crippen LogP contribution is 2.41. The van der Waals surface area contributed by atoms with Gasteiger partial charge in [0.25, 0.3) is 0 Å². The van der Waals surface area contributed by atoms with Crippen LogP contribution in [-0.2, 0) is 21.4 Å². The van der Waals surface area contributed by atoms with E-state index in [1.54, 1.807) is 0 Å². The number of likely N-dealkylation sites (N-methyl/N-ethyl adjacent to an activating group) is 1. The molecular formula is C31H40N2O2. The van der Waals surface area contributed by atoms with Crippen LogP contribution in [0.15, 0.2) is 91.0 Å². The molecule has 4 heteroatoms. The summed E-state index contributed by atoms with van der Waals surface area (Å²) >= 11 is 0. The van der Waals surface area contributed by atoms with Gasteiger partial charge in [-0.15, -0.1) is 0 Å². The van der Waals surface area contributed by atoms with Crippen molar-refractivity contribution in [2.75, 3.05) is 26.7 Å². The Balaban J connectivity index is 1.63. The highest BCUT2D eigenvalue weighted by Gasteiger charge is 2.37. The Morgan fingerprint density at radius 2 is 1.43 bits per heavy atom. The predicted molar refractivity (Wildman–Crippen MR) is 144 cm³/mol. The number of esters is 1. The molecule has 3 aromatic carbocycles. The highest BCUT2D eigenvalue weighted by atomic mass is 16.5. The van der Waals surface area contributed by atoms with Gasteiger partial charge in [-0.1, -0.05) is 111 Å². The molecule has 0 saturated carbocycles. The monoisotopic (exact) mass is 472 g/mol. The van der Waals surface area contributed by atoms with Crippen LogP contribution >= 0.6 is 0 Å². The Bertz CT molecular complexity index is 968. The maximum absolute atomic E-state index is 12.4. The average Bonchev–Trinajstić information content (AvgIpc) is 2.89. The van der Waals surface area contributed by atoms with Gasteiger partial charge in [-0.2, -0.15) is 0 Å². The molecule has 0 spiro atoms. The van der Waals surface area contributed by atoms with Gasteiger partial charge in [0, 0.05) is 18.5 Å². The predicted octanol–water partition coefficient (Wildman–Crippen LogP) is 5.45. The molecule has 186 valence electrons. The van der Waals surface area contributed by atoms with Crippen molar-refractivity contribution in [2.24, 2.45) is 11.7 Å². The van der Waals surface area contributed by atoms with Crippen molar-refractivity contribution in [3.8, 4) is 0 Å². The summed E-state index contributed by atoms with van der Waals surface area (Å²) in [6, 6.07) is 30.8. The molecule has 0 aromatic heterocycles. The Kier molecular flexibility index (Phi) is 10.1. The van der Waals surface area contributed by atoms with Crippen molar-refractivity contribution in [2.45, 2.75) is 44.6 Å². The van der Waals surface area contributed by atoms with E-state index in [9.17, 15) is 4.79 Å². The SMILES string of the molecule is CCCC(CN(C)CCOC(=O)C(N)Cc1ccccc1)C(C)(c1ccccc1)c1ccccc1. The molecule has 0 fully saturated rings. The third-order valence-electron chi connectivity index (χ3n) is 7.05. The average molecular weight is 473 g/mol. The summed E-state index contributed by atoms with van der Waals surface area (Å²) in [6.07, 6.45) is 2.70. The second kappa shape index (κ2) is 13.2. The fourth-order valence-electron chi connectivity index (χ4n) is 4.95. The minimum Gasteiger partial charge on any atom is -0.463 e. The molecule has 3 aromatic rings. The Morgan fingerprint density at radius 1 is 0.914 bits per heavy atom. The van der Waals surface area contributed by atoms with Gasteiger partial charge in [0.1, 0.15) is 12.6 Å². The van der Waals surface area contributed by atoms with E-state index >= 15 is 0 Å². The lowest BCUT2D eigenvalue weighted by Crippen LogP contribution is -2.42. The molecule has 2 atom stereocenters. The molecular weight excluding hydrogens is 432 g/mol. The molecule has 0 saturated heterocycles. The van der Waals surface area contributed by atoms with E-state index in [4.69, 9.17) is 10.5 Å². The maximum Gasteiger partial charge on any atom is 0.323 e. The van der Waals surface area contributed by atoms with Crippen LogP contribution in [0.4, 0.5) is 0 Å². The Hall–Kier alpha value is -2.95. The number of rotatable bonds is 13. The van der Waals surface area contributed by atoms with Crippen LogP contribution in [0, 0.1) is 5.92 Å². The number of benzene rings is 3. The Morgan fingerprint density at radius 3 is 1.94 bits per heavy atom. The lowest BCUT2D eigenvalue weighted by Gasteiger charge is -2.41. The highest BCUT2D eigenvalue weighted by molar-refractivity contribution is 5.75. The van der Waals surface area contributed by atoms with Gasteiger partial charge in [-0.3, -0.25) is 4.79 Å². The summed E-state index contributed by atoms with van der Waals surface area (Å²) in [5, 5.41) is 0. The molecule has 2 unspecified atom stereocenters.